The smallest absolute Gasteiger partial charge is 0.271 e. The van der Waals surface area contributed by atoms with Crippen LogP contribution in [0.15, 0.2) is 84.0 Å². The molecule has 1 aromatic heterocycles. The molecule has 0 saturated carbocycles. The van der Waals surface area contributed by atoms with E-state index in [2.05, 4.69) is 10.5 Å². The summed E-state index contributed by atoms with van der Waals surface area (Å²) in [4.78, 5) is 27.2. The molecule has 1 aliphatic rings. The van der Waals surface area contributed by atoms with Gasteiger partial charge in [-0.05, 0) is 55.3 Å². The van der Waals surface area contributed by atoms with Crippen LogP contribution in [0, 0.1) is 13.8 Å². The molecule has 4 aromatic rings. The zero-order valence-electron chi connectivity index (χ0n) is 21.4. The topological polar surface area (TPSA) is 66.7 Å². The molecule has 1 saturated heterocycles. The third kappa shape index (κ3) is 5.76. The Labute approximate surface area is 241 Å². The Kier molecular flexibility index (Phi) is 8.12. The van der Waals surface area contributed by atoms with Crippen molar-refractivity contribution in [1.82, 2.24) is 14.9 Å². The Bertz CT molecular complexity index is 1550. The van der Waals surface area contributed by atoms with E-state index in [1.54, 1.807) is 36.2 Å². The van der Waals surface area contributed by atoms with Crippen molar-refractivity contribution >= 4 is 53.0 Å². The fraction of sp³-hybridized carbons (Fsp3) is 0.167. The summed E-state index contributed by atoms with van der Waals surface area (Å²) in [7, 11) is 0. The lowest BCUT2D eigenvalue weighted by Crippen LogP contribution is -2.27. The van der Waals surface area contributed by atoms with Gasteiger partial charge in [0.15, 0.2) is 0 Å². The van der Waals surface area contributed by atoms with Gasteiger partial charge in [0.25, 0.3) is 5.91 Å². The van der Waals surface area contributed by atoms with Gasteiger partial charge in [0, 0.05) is 29.1 Å². The molecule has 5 rings (SSSR count). The third-order valence-electron chi connectivity index (χ3n) is 6.63. The molecular weight excluding hydrogens is 551 g/mol. The summed E-state index contributed by atoms with van der Waals surface area (Å²) in [6.45, 7) is 4.48. The number of carbonyl (C=O) groups excluding carboxylic acids is 2. The minimum Gasteiger partial charge on any atom is -0.322 e. The van der Waals surface area contributed by atoms with Gasteiger partial charge in [-0.15, -0.1) is 11.8 Å². The van der Waals surface area contributed by atoms with E-state index in [-0.39, 0.29) is 17.2 Å². The van der Waals surface area contributed by atoms with Crippen molar-refractivity contribution in [3.8, 4) is 5.69 Å². The van der Waals surface area contributed by atoms with Crippen LogP contribution in [-0.4, -0.2) is 33.2 Å². The summed E-state index contributed by atoms with van der Waals surface area (Å²) in [6, 6.07) is 24.7. The Balaban J connectivity index is 1.26. The van der Waals surface area contributed by atoms with Crippen molar-refractivity contribution in [2.45, 2.75) is 25.8 Å². The number of hydrogen-bond donors (Lipinski definition) is 1. The molecule has 3 aromatic carbocycles. The van der Waals surface area contributed by atoms with Crippen molar-refractivity contribution in [2.24, 2.45) is 5.10 Å². The highest BCUT2D eigenvalue weighted by Gasteiger charge is 2.32. The number of carbonyl (C=O) groups is 2. The van der Waals surface area contributed by atoms with Gasteiger partial charge < -0.3 is 9.47 Å². The Hall–Kier alpha value is -3.52. The largest absolute Gasteiger partial charge is 0.322 e. The Morgan fingerprint density at radius 2 is 1.79 bits per heavy atom. The summed E-state index contributed by atoms with van der Waals surface area (Å²) < 4.78 is 2.00. The van der Waals surface area contributed by atoms with E-state index in [0.717, 1.165) is 33.8 Å². The minimum atomic E-state index is -0.319. The number of nitrogens with one attached hydrogen (secondary N) is 1. The Morgan fingerprint density at radius 3 is 2.54 bits per heavy atom. The monoisotopic (exact) mass is 576 g/mol. The number of aromatic nitrogens is 1. The van der Waals surface area contributed by atoms with Crippen LogP contribution in [0.2, 0.25) is 10.0 Å². The lowest BCUT2D eigenvalue weighted by Gasteiger charge is -2.24. The molecule has 1 atom stereocenters. The van der Waals surface area contributed by atoms with Crippen molar-refractivity contribution in [3.05, 3.63) is 123 Å². The second kappa shape index (κ2) is 11.7. The minimum absolute atomic E-state index is 0.0870. The van der Waals surface area contributed by atoms with Gasteiger partial charge in [0.05, 0.1) is 27.7 Å². The summed E-state index contributed by atoms with van der Waals surface area (Å²) in [5, 5.41) is 5.05. The number of benzene rings is 3. The van der Waals surface area contributed by atoms with Gasteiger partial charge in [0.1, 0.15) is 5.37 Å². The quantitative estimate of drug-likeness (QED) is 0.191. The highest BCUT2D eigenvalue weighted by Crippen LogP contribution is 2.39. The summed E-state index contributed by atoms with van der Waals surface area (Å²) >= 11 is 14.2. The zero-order valence-corrected chi connectivity index (χ0v) is 23.7. The van der Waals surface area contributed by atoms with E-state index < -0.39 is 0 Å². The molecular formula is C30H26Cl2N4O2S. The molecule has 39 heavy (non-hydrogen) atoms. The molecule has 0 spiro atoms. The number of hydrazone groups is 1. The number of rotatable bonds is 7. The highest BCUT2D eigenvalue weighted by molar-refractivity contribution is 8.00. The SMILES string of the molecule is Cc1cc(/C=N/NC(=O)c2ccc(C3SCC(=O)N3Cc3ccccc3)cc2)c(C)n1-c1cccc(Cl)c1Cl. The predicted octanol–water partition coefficient (Wildman–Crippen LogP) is 6.94. The van der Waals surface area contributed by atoms with Crippen molar-refractivity contribution in [3.63, 3.8) is 0 Å². The van der Waals surface area contributed by atoms with Crippen molar-refractivity contribution in [1.29, 1.82) is 0 Å². The molecule has 0 radical (unpaired) electrons. The first kappa shape index (κ1) is 27.1. The molecule has 0 aliphatic carbocycles. The van der Waals surface area contributed by atoms with Crippen LogP contribution in [0.4, 0.5) is 0 Å². The fourth-order valence-corrected chi connectivity index (χ4v) is 6.23. The molecule has 9 heteroatoms. The third-order valence-corrected chi connectivity index (χ3v) is 8.70. The van der Waals surface area contributed by atoms with E-state index >= 15 is 0 Å². The summed E-state index contributed by atoms with van der Waals surface area (Å²) in [5.74, 6) is 0.237. The van der Waals surface area contributed by atoms with Crippen LogP contribution in [0.1, 0.15) is 43.8 Å². The van der Waals surface area contributed by atoms with Crippen LogP contribution in [0.5, 0.6) is 0 Å². The number of thioether (sulfide) groups is 1. The number of hydrogen-bond acceptors (Lipinski definition) is 4. The number of nitrogens with zero attached hydrogens (tertiary/aromatic N) is 3. The number of amides is 2. The number of halogens is 2. The van der Waals surface area contributed by atoms with Gasteiger partial charge in [-0.1, -0.05) is 71.7 Å². The van der Waals surface area contributed by atoms with Crippen molar-refractivity contribution < 1.29 is 9.59 Å². The maximum atomic E-state index is 12.8. The van der Waals surface area contributed by atoms with Crippen LogP contribution in [0.25, 0.3) is 5.69 Å². The average molecular weight is 578 g/mol. The fourth-order valence-electron chi connectivity index (χ4n) is 4.66. The lowest BCUT2D eigenvalue weighted by molar-refractivity contribution is -0.128. The Morgan fingerprint density at radius 1 is 1.05 bits per heavy atom. The van der Waals surface area contributed by atoms with E-state index in [0.29, 0.717) is 27.9 Å². The van der Waals surface area contributed by atoms with Gasteiger partial charge in [0.2, 0.25) is 5.91 Å². The van der Waals surface area contributed by atoms with Gasteiger partial charge in [-0.25, -0.2) is 5.43 Å². The molecule has 6 nitrogen and oxygen atoms in total. The number of aryl methyl sites for hydroxylation is 1. The average Bonchev–Trinajstić information content (AvgIpc) is 3.44. The van der Waals surface area contributed by atoms with Gasteiger partial charge in [-0.2, -0.15) is 5.10 Å². The summed E-state index contributed by atoms with van der Waals surface area (Å²) in [6.07, 6.45) is 1.62. The van der Waals surface area contributed by atoms with Crippen LogP contribution in [-0.2, 0) is 11.3 Å². The van der Waals surface area contributed by atoms with Gasteiger partial charge >= 0.3 is 0 Å². The lowest BCUT2D eigenvalue weighted by atomic mass is 10.1. The van der Waals surface area contributed by atoms with Gasteiger partial charge in [-0.3, -0.25) is 9.59 Å². The molecule has 1 fully saturated rings. The van der Waals surface area contributed by atoms with Crippen LogP contribution in [0.3, 0.4) is 0 Å². The standard InChI is InChI=1S/C30H26Cl2N4O2S/c1-19-15-24(20(2)36(19)26-10-6-9-25(31)28(26)32)16-33-34-29(38)22-11-13-23(14-12-22)30-35(27(37)18-39-30)17-21-7-4-3-5-8-21/h3-16,30H,17-18H2,1-2H3,(H,34,38)/b33-16+. The molecule has 2 amide bonds. The predicted molar refractivity (Wildman–Crippen MR) is 159 cm³/mol. The maximum Gasteiger partial charge on any atom is 0.271 e. The van der Waals surface area contributed by atoms with Crippen molar-refractivity contribution in [2.75, 3.05) is 5.75 Å². The first-order valence-electron chi connectivity index (χ1n) is 12.3. The summed E-state index contributed by atoms with van der Waals surface area (Å²) in [5.41, 5.74) is 8.67. The normalized spacial score (nSPS) is 15.3. The van der Waals surface area contributed by atoms with E-state index in [9.17, 15) is 9.59 Å². The van der Waals surface area contributed by atoms with Crippen LogP contribution >= 0.6 is 35.0 Å². The second-order valence-electron chi connectivity index (χ2n) is 9.23. The first-order chi connectivity index (χ1) is 18.8. The zero-order chi connectivity index (χ0) is 27.5. The second-order valence-corrected chi connectivity index (χ2v) is 11.1. The first-order valence-corrected chi connectivity index (χ1v) is 14.2. The molecule has 0 bridgehead atoms. The van der Waals surface area contributed by atoms with E-state index in [4.69, 9.17) is 23.2 Å². The molecule has 1 N–H and O–H groups in total. The molecule has 1 unspecified atom stereocenters. The molecule has 198 valence electrons. The maximum absolute atomic E-state index is 12.8. The molecule has 1 aliphatic heterocycles. The van der Waals surface area contributed by atoms with E-state index in [1.165, 1.54) is 0 Å². The van der Waals surface area contributed by atoms with Crippen LogP contribution < -0.4 is 5.43 Å². The van der Waals surface area contributed by atoms with E-state index in [1.807, 2.05) is 84.0 Å². The molecule has 2 heterocycles. The highest BCUT2D eigenvalue weighted by atomic mass is 35.5.